The summed E-state index contributed by atoms with van der Waals surface area (Å²) in [6, 6.07) is 1.04. The maximum absolute atomic E-state index is 12.5. The van der Waals surface area contributed by atoms with Crippen LogP contribution in [0.4, 0.5) is 8.78 Å². The van der Waals surface area contributed by atoms with Crippen molar-refractivity contribution in [1.29, 1.82) is 0 Å². The van der Waals surface area contributed by atoms with Crippen molar-refractivity contribution in [3.8, 4) is 0 Å². The van der Waals surface area contributed by atoms with Gasteiger partial charge in [0.25, 0.3) is 12.3 Å². The van der Waals surface area contributed by atoms with Crippen LogP contribution in [0.5, 0.6) is 0 Å². The summed E-state index contributed by atoms with van der Waals surface area (Å²) < 4.78 is 30.1. The molecule has 0 unspecified atom stereocenters. The minimum atomic E-state index is -2.69. The van der Waals surface area contributed by atoms with E-state index < -0.39 is 12.3 Å². The maximum Gasteiger partial charge on any atom is 0.279 e. The quantitative estimate of drug-likeness (QED) is 0.915. The van der Waals surface area contributed by atoms with Crippen LogP contribution in [-0.4, -0.2) is 38.2 Å². The molecule has 7 nitrogen and oxygen atoms in total. The smallest absolute Gasteiger partial charge is 0.279 e. The molecule has 0 aromatic carbocycles. The second-order valence-electron chi connectivity index (χ2n) is 5.35. The molecule has 3 rings (SSSR count). The van der Waals surface area contributed by atoms with E-state index in [0.717, 1.165) is 25.3 Å². The zero-order valence-corrected chi connectivity index (χ0v) is 11.9. The molecule has 2 aromatic rings. The molecule has 1 amide bonds. The first kappa shape index (κ1) is 14.6. The highest BCUT2D eigenvalue weighted by Crippen LogP contribution is 2.35. The summed E-state index contributed by atoms with van der Waals surface area (Å²) in [6.45, 7) is 0.131. The van der Waals surface area contributed by atoms with Gasteiger partial charge in [-0.2, -0.15) is 10.1 Å². The van der Waals surface area contributed by atoms with Gasteiger partial charge in [-0.15, -0.1) is 0 Å². The molecule has 2 aromatic heterocycles. The fourth-order valence-corrected chi connectivity index (χ4v) is 2.19. The van der Waals surface area contributed by atoms with Crippen LogP contribution >= 0.6 is 0 Å². The van der Waals surface area contributed by atoms with Gasteiger partial charge in [0, 0.05) is 13.0 Å². The van der Waals surface area contributed by atoms with Crippen LogP contribution < -0.4 is 0 Å². The number of aromatic nitrogens is 4. The number of hydrogen-bond acceptors (Lipinski definition) is 5. The standard InChI is InChI=1S/C13H15F2N5O2/c1-20(13(21)9-5-8(11(14)15)17-18-9)6-10-16-12(22-19-10)7-3-2-4-7/h5,7,11H,2-4,6H2,1H3,(H,17,18). The van der Waals surface area contributed by atoms with Crippen molar-refractivity contribution in [3.05, 3.63) is 29.2 Å². The Bertz CT molecular complexity index is 665. The molecule has 0 saturated heterocycles. The summed E-state index contributed by atoms with van der Waals surface area (Å²) in [7, 11) is 1.53. The van der Waals surface area contributed by atoms with Crippen molar-refractivity contribution in [3.63, 3.8) is 0 Å². The highest BCUT2D eigenvalue weighted by atomic mass is 19.3. The molecular formula is C13H15F2N5O2. The average Bonchev–Trinajstić information content (AvgIpc) is 3.05. The number of H-pyrrole nitrogens is 1. The molecule has 9 heteroatoms. The van der Waals surface area contributed by atoms with E-state index >= 15 is 0 Å². The van der Waals surface area contributed by atoms with Crippen LogP contribution in [0.15, 0.2) is 10.6 Å². The van der Waals surface area contributed by atoms with Gasteiger partial charge in [-0.25, -0.2) is 8.78 Å². The fourth-order valence-electron chi connectivity index (χ4n) is 2.19. The number of rotatable bonds is 5. The molecule has 0 atom stereocenters. The van der Waals surface area contributed by atoms with Gasteiger partial charge >= 0.3 is 0 Å². The van der Waals surface area contributed by atoms with E-state index in [-0.39, 0.29) is 17.9 Å². The minimum Gasteiger partial charge on any atom is -0.339 e. The van der Waals surface area contributed by atoms with Crippen LogP contribution in [-0.2, 0) is 6.54 Å². The van der Waals surface area contributed by atoms with Crippen molar-refractivity contribution in [2.45, 2.75) is 38.2 Å². The second-order valence-corrected chi connectivity index (χ2v) is 5.35. The Morgan fingerprint density at radius 3 is 2.91 bits per heavy atom. The van der Waals surface area contributed by atoms with E-state index in [4.69, 9.17) is 4.52 Å². The molecule has 1 fully saturated rings. The number of alkyl halides is 2. The summed E-state index contributed by atoms with van der Waals surface area (Å²) in [5, 5.41) is 9.58. The molecule has 0 spiro atoms. The highest BCUT2D eigenvalue weighted by Gasteiger charge is 2.26. The van der Waals surface area contributed by atoms with Crippen molar-refractivity contribution in [1.82, 2.24) is 25.2 Å². The van der Waals surface area contributed by atoms with E-state index in [2.05, 4.69) is 20.3 Å². The van der Waals surface area contributed by atoms with Gasteiger partial charge in [0.2, 0.25) is 5.89 Å². The molecule has 1 N–H and O–H groups in total. The maximum atomic E-state index is 12.5. The van der Waals surface area contributed by atoms with Crippen molar-refractivity contribution in [2.24, 2.45) is 0 Å². The van der Waals surface area contributed by atoms with E-state index in [9.17, 15) is 13.6 Å². The molecule has 1 aliphatic carbocycles. The minimum absolute atomic E-state index is 0.0690. The molecule has 22 heavy (non-hydrogen) atoms. The summed E-state index contributed by atoms with van der Waals surface area (Å²) in [4.78, 5) is 17.7. The van der Waals surface area contributed by atoms with Gasteiger partial charge in [0.15, 0.2) is 11.5 Å². The predicted molar refractivity (Wildman–Crippen MR) is 70.2 cm³/mol. The third-order valence-corrected chi connectivity index (χ3v) is 3.72. The Labute approximate surface area is 124 Å². The molecule has 118 valence electrons. The molecule has 0 aliphatic heterocycles. The van der Waals surface area contributed by atoms with Crippen molar-refractivity contribution < 1.29 is 18.1 Å². The zero-order valence-electron chi connectivity index (χ0n) is 11.9. The SMILES string of the molecule is CN(Cc1noc(C2CCC2)n1)C(=O)c1cc(C(F)F)[nH]n1. The monoisotopic (exact) mass is 311 g/mol. The Balaban J connectivity index is 1.63. The van der Waals surface area contributed by atoms with Gasteiger partial charge in [-0.1, -0.05) is 11.6 Å². The first-order valence-corrected chi connectivity index (χ1v) is 6.96. The van der Waals surface area contributed by atoms with E-state index in [1.807, 2.05) is 0 Å². The third kappa shape index (κ3) is 2.83. The number of carbonyl (C=O) groups is 1. The summed E-state index contributed by atoms with van der Waals surface area (Å²) in [5.74, 6) is 0.824. The van der Waals surface area contributed by atoms with E-state index in [1.54, 1.807) is 0 Å². The summed E-state index contributed by atoms with van der Waals surface area (Å²) in [5.41, 5.74) is -0.455. The van der Waals surface area contributed by atoms with E-state index in [1.165, 1.54) is 11.9 Å². The number of nitrogens with zero attached hydrogens (tertiary/aromatic N) is 4. The van der Waals surface area contributed by atoms with Crippen LogP contribution in [0.3, 0.4) is 0 Å². The van der Waals surface area contributed by atoms with Crippen LogP contribution in [0, 0.1) is 0 Å². The Morgan fingerprint density at radius 2 is 2.32 bits per heavy atom. The lowest BCUT2D eigenvalue weighted by Crippen LogP contribution is -2.27. The first-order chi connectivity index (χ1) is 10.5. The Morgan fingerprint density at radius 1 is 1.55 bits per heavy atom. The van der Waals surface area contributed by atoms with Gasteiger partial charge < -0.3 is 9.42 Å². The van der Waals surface area contributed by atoms with Gasteiger partial charge in [-0.05, 0) is 18.9 Å². The summed E-state index contributed by atoms with van der Waals surface area (Å²) >= 11 is 0. The molecule has 0 radical (unpaired) electrons. The average molecular weight is 311 g/mol. The molecule has 0 bridgehead atoms. The Hall–Kier alpha value is -2.32. The zero-order chi connectivity index (χ0) is 15.7. The lowest BCUT2D eigenvalue weighted by atomic mass is 9.85. The van der Waals surface area contributed by atoms with Crippen molar-refractivity contribution >= 4 is 5.91 Å². The predicted octanol–water partition coefficient (Wildman–Crippen LogP) is 2.27. The number of aromatic amines is 1. The number of carbonyl (C=O) groups excluding carboxylic acids is 1. The number of hydrogen-bond donors (Lipinski definition) is 1. The van der Waals surface area contributed by atoms with Crippen molar-refractivity contribution in [2.75, 3.05) is 7.05 Å². The number of nitrogens with one attached hydrogen (secondary N) is 1. The third-order valence-electron chi connectivity index (χ3n) is 3.72. The number of amides is 1. The van der Waals surface area contributed by atoms with Gasteiger partial charge in [0.1, 0.15) is 5.69 Å². The highest BCUT2D eigenvalue weighted by molar-refractivity contribution is 5.92. The summed E-state index contributed by atoms with van der Waals surface area (Å²) in [6.07, 6.45) is 0.550. The topological polar surface area (TPSA) is 87.9 Å². The second kappa shape index (κ2) is 5.82. The molecule has 2 heterocycles. The van der Waals surface area contributed by atoms with E-state index in [0.29, 0.717) is 17.6 Å². The molecule has 1 saturated carbocycles. The normalized spacial score (nSPS) is 15.1. The van der Waals surface area contributed by atoms with Crippen LogP contribution in [0.2, 0.25) is 0 Å². The molecular weight excluding hydrogens is 296 g/mol. The van der Waals surface area contributed by atoms with Gasteiger partial charge in [0.05, 0.1) is 6.54 Å². The first-order valence-electron chi connectivity index (χ1n) is 6.96. The van der Waals surface area contributed by atoms with Crippen LogP contribution in [0.1, 0.15) is 59.5 Å². The number of halogens is 2. The van der Waals surface area contributed by atoms with Gasteiger partial charge in [-0.3, -0.25) is 9.89 Å². The lowest BCUT2D eigenvalue weighted by Gasteiger charge is -2.20. The fraction of sp³-hybridized carbons (Fsp3) is 0.538. The Kier molecular flexibility index (Phi) is 3.86. The lowest BCUT2D eigenvalue weighted by molar-refractivity contribution is 0.0774. The molecule has 1 aliphatic rings. The van der Waals surface area contributed by atoms with Crippen LogP contribution in [0.25, 0.3) is 0 Å². The largest absolute Gasteiger partial charge is 0.339 e.